The molecule has 2 heterocycles. The maximum Gasteiger partial charge on any atom is 0.257 e. The van der Waals surface area contributed by atoms with Gasteiger partial charge in [0.05, 0.1) is 10.7 Å². The van der Waals surface area contributed by atoms with E-state index >= 15 is 0 Å². The van der Waals surface area contributed by atoms with Crippen molar-refractivity contribution in [1.29, 1.82) is 0 Å². The highest BCUT2D eigenvalue weighted by Crippen LogP contribution is 2.12. The molecule has 5 nitrogen and oxygen atoms in total. The van der Waals surface area contributed by atoms with E-state index in [0.717, 1.165) is 16.9 Å². The molecule has 0 atom stereocenters. The van der Waals surface area contributed by atoms with E-state index in [4.69, 9.17) is 16.3 Å². The Morgan fingerprint density at radius 1 is 1.21 bits per heavy atom. The van der Waals surface area contributed by atoms with Gasteiger partial charge < -0.3 is 14.5 Å². The second-order valence-electron chi connectivity index (χ2n) is 5.55. The number of fused-ring (bicyclic) bond motifs is 1. The molecule has 2 aromatic heterocycles. The number of aromatic nitrogens is 2. The molecule has 0 spiro atoms. The van der Waals surface area contributed by atoms with Gasteiger partial charge in [-0.2, -0.15) is 0 Å². The number of ether oxygens (including phenoxy) is 1. The molecular weight excluding hydrogens is 326 g/mol. The average Bonchev–Trinajstić information content (AvgIpc) is 2.96. The molecule has 0 bridgehead atoms. The molecule has 0 saturated heterocycles. The van der Waals surface area contributed by atoms with E-state index < -0.39 is 0 Å². The first-order valence-corrected chi connectivity index (χ1v) is 8.07. The van der Waals surface area contributed by atoms with Crippen molar-refractivity contribution in [2.24, 2.45) is 0 Å². The molecule has 0 aliphatic heterocycles. The minimum absolute atomic E-state index is 0.00380. The second-order valence-corrected chi connectivity index (χ2v) is 5.98. The van der Waals surface area contributed by atoms with Crippen LogP contribution < -0.4 is 10.1 Å². The molecular formula is C18H18ClN3O2. The van der Waals surface area contributed by atoms with Gasteiger partial charge in [-0.3, -0.25) is 4.79 Å². The van der Waals surface area contributed by atoms with Gasteiger partial charge in [-0.1, -0.05) is 29.3 Å². The zero-order valence-electron chi connectivity index (χ0n) is 13.3. The number of aryl methyl sites for hydroxylation is 1. The van der Waals surface area contributed by atoms with Gasteiger partial charge in [0.25, 0.3) is 5.91 Å². The van der Waals surface area contributed by atoms with Gasteiger partial charge in [0.15, 0.2) is 6.61 Å². The zero-order valence-corrected chi connectivity index (χ0v) is 14.1. The molecule has 3 rings (SSSR count). The standard InChI is InChI=1S/C18H18ClN3O2/c1-13-2-5-16(6-3-13)24-12-18(23)20-9-8-15-11-22-10-14(19)4-7-17(22)21-15/h2-7,10-11H,8-9,12H2,1H3,(H,20,23). The second kappa shape index (κ2) is 7.36. The summed E-state index contributed by atoms with van der Waals surface area (Å²) in [7, 11) is 0. The van der Waals surface area contributed by atoms with Crippen molar-refractivity contribution in [1.82, 2.24) is 14.7 Å². The normalized spacial score (nSPS) is 10.8. The molecule has 0 aliphatic rings. The van der Waals surface area contributed by atoms with Gasteiger partial charge in [-0.15, -0.1) is 0 Å². The summed E-state index contributed by atoms with van der Waals surface area (Å²) in [4.78, 5) is 16.3. The maximum absolute atomic E-state index is 11.8. The molecule has 24 heavy (non-hydrogen) atoms. The van der Waals surface area contributed by atoms with E-state index in [1.54, 1.807) is 12.3 Å². The Morgan fingerprint density at radius 3 is 2.79 bits per heavy atom. The fourth-order valence-corrected chi connectivity index (χ4v) is 2.47. The predicted molar refractivity (Wildman–Crippen MR) is 93.6 cm³/mol. The molecule has 3 aromatic rings. The van der Waals surface area contributed by atoms with E-state index in [-0.39, 0.29) is 12.5 Å². The predicted octanol–water partition coefficient (Wildman–Crippen LogP) is 3.03. The van der Waals surface area contributed by atoms with E-state index in [1.807, 2.05) is 47.9 Å². The first-order valence-electron chi connectivity index (χ1n) is 7.69. The summed E-state index contributed by atoms with van der Waals surface area (Å²) < 4.78 is 7.32. The summed E-state index contributed by atoms with van der Waals surface area (Å²) in [5.74, 6) is 0.537. The van der Waals surface area contributed by atoms with E-state index in [2.05, 4.69) is 10.3 Å². The third-order valence-electron chi connectivity index (χ3n) is 3.56. The summed E-state index contributed by atoms with van der Waals surface area (Å²) in [5, 5.41) is 3.49. The van der Waals surface area contributed by atoms with Crippen molar-refractivity contribution in [2.45, 2.75) is 13.3 Å². The van der Waals surface area contributed by atoms with Crippen LogP contribution in [0.1, 0.15) is 11.3 Å². The summed E-state index contributed by atoms with van der Waals surface area (Å²) in [6, 6.07) is 11.3. The Kier molecular flexibility index (Phi) is 5.01. The van der Waals surface area contributed by atoms with Crippen LogP contribution in [-0.4, -0.2) is 28.4 Å². The molecule has 0 saturated carbocycles. The van der Waals surface area contributed by atoms with Gasteiger partial charge in [0.2, 0.25) is 0 Å². The van der Waals surface area contributed by atoms with Gasteiger partial charge in [-0.25, -0.2) is 4.98 Å². The van der Waals surface area contributed by atoms with Crippen molar-refractivity contribution in [2.75, 3.05) is 13.2 Å². The third kappa shape index (κ3) is 4.26. The Labute approximate surface area is 145 Å². The quantitative estimate of drug-likeness (QED) is 0.748. The summed E-state index contributed by atoms with van der Waals surface area (Å²) >= 11 is 5.95. The number of nitrogens with zero attached hydrogens (tertiary/aromatic N) is 2. The average molecular weight is 344 g/mol. The zero-order chi connectivity index (χ0) is 16.9. The van der Waals surface area contributed by atoms with Crippen molar-refractivity contribution in [3.05, 3.63) is 65.1 Å². The SMILES string of the molecule is Cc1ccc(OCC(=O)NCCc2cn3cc(Cl)ccc3n2)cc1. The number of imidazole rings is 1. The number of benzene rings is 1. The lowest BCUT2D eigenvalue weighted by Crippen LogP contribution is -2.30. The number of amides is 1. The third-order valence-corrected chi connectivity index (χ3v) is 3.78. The fourth-order valence-electron chi connectivity index (χ4n) is 2.30. The summed E-state index contributed by atoms with van der Waals surface area (Å²) in [5.41, 5.74) is 2.89. The molecule has 6 heteroatoms. The van der Waals surface area contributed by atoms with Crippen LogP contribution in [0, 0.1) is 6.92 Å². The Hall–Kier alpha value is -2.53. The van der Waals surface area contributed by atoms with E-state index in [1.165, 1.54) is 0 Å². The minimum Gasteiger partial charge on any atom is -0.484 e. The monoisotopic (exact) mass is 343 g/mol. The van der Waals surface area contributed by atoms with Crippen LogP contribution in [0.15, 0.2) is 48.8 Å². The van der Waals surface area contributed by atoms with Crippen molar-refractivity contribution >= 4 is 23.2 Å². The Balaban J connectivity index is 1.44. The number of carbonyl (C=O) groups excluding carboxylic acids is 1. The number of hydrogen-bond acceptors (Lipinski definition) is 3. The molecule has 1 aromatic carbocycles. The number of nitrogens with one attached hydrogen (secondary N) is 1. The van der Waals surface area contributed by atoms with Crippen LogP contribution >= 0.6 is 11.6 Å². The lowest BCUT2D eigenvalue weighted by molar-refractivity contribution is -0.123. The van der Waals surface area contributed by atoms with Crippen LogP contribution in [-0.2, 0) is 11.2 Å². The number of halogens is 1. The Morgan fingerprint density at radius 2 is 2.00 bits per heavy atom. The van der Waals surface area contributed by atoms with Crippen molar-refractivity contribution in [3.8, 4) is 5.75 Å². The first-order chi connectivity index (χ1) is 11.6. The van der Waals surface area contributed by atoms with Crippen LogP contribution in [0.2, 0.25) is 5.02 Å². The lowest BCUT2D eigenvalue weighted by Gasteiger charge is -2.07. The van der Waals surface area contributed by atoms with Crippen molar-refractivity contribution < 1.29 is 9.53 Å². The van der Waals surface area contributed by atoms with Crippen LogP contribution in [0.4, 0.5) is 0 Å². The molecule has 0 radical (unpaired) electrons. The number of rotatable bonds is 6. The maximum atomic E-state index is 11.8. The van der Waals surface area contributed by atoms with Crippen LogP contribution in [0.25, 0.3) is 5.65 Å². The van der Waals surface area contributed by atoms with Crippen molar-refractivity contribution in [3.63, 3.8) is 0 Å². The molecule has 124 valence electrons. The van der Waals surface area contributed by atoms with Crippen LogP contribution in [0.5, 0.6) is 5.75 Å². The topological polar surface area (TPSA) is 55.6 Å². The number of carbonyl (C=O) groups is 1. The number of hydrogen-bond donors (Lipinski definition) is 1. The molecule has 0 aliphatic carbocycles. The molecule has 1 amide bonds. The highest BCUT2D eigenvalue weighted by Gasteiger charge is 2.05. The molecule has 0 unspecified atom stereocenters. The number of pyridine rings is 1. The van der Waals surface area contributed by atoms with E-state index in [9.17, 15) is 4.79 Å². The van der Waals surface area contributed by atoms with Crippen LogP contribution in [0.3, 0.4) is 0 Å². The van der Waals surface area contributed by atoms with Gasteiger partial charge in [0.1, 0.15) is 11.4 Å². The summed E-state index contributed by atoms with van der Waals surface area (Å²) in [6.07, 6.45) is 4.37. The lowest BCUT2D eigenvalue weighted by atomic mass is 10.2. The minimum atomic E-state index is -0.151. The molecule has 0 fully saturated rings. The van der Waals surface area contributed by atoms with Gasteiger partial charge >= 0.3 is 0 Å². The highest BCUT2D eigenvalue weighted by atomic mass is 35.5. The van der Waals surface area contributed by atoms with E-state index in [0.29, 0.717) is 23.7 Å². The van der Waals surface area contributed by atoms with Gasteiger partial charge in [-0.05, 0) is 31.2 Å². The smallest absolute Gasteiger partial charge is 0.257 e. The Bertz CT molecular complexity index is 843. The largest absolute Gasteiger partial charge is 0.484 e. The first kappa shape index (κ1) is 16.3. The van der Waals surface area contributed by atoms with Gasteiger partial charge in [0, 0.05) is 25.4 Å². The summed E-state index contributed by atoms with van der Waals surface area (Å²) in [6.45, 7) is 2.52. The fraction of sp³-hybridized carbons (Fsp3) is 0.222. The molecule has 1 N–H and O–H groups in total. The highest BCUT2D eigenvalue weighted by molar-refractivity contribution is 6.30.